The Morgan fingerprint density at radius 2 is 1.37 bits per heavy atom. The standard InChI is InChI=1S/C9H7.C6H5.Hf.3HI/c1-2-5-9-7-3-6-8(9)4-1;1-2-4-6-5-3-1;;;;/h1-7H;1-5H;;3*1H/q2*-1;;;;/p-3. The van der Waals surface area contributed by atoms with Gasteiger partial charge < -0.3 is 71.9 Å². The number of hydrogen-bond donors (Lipinski definition) is 0. The Bertz CT molecular complexity index is 452. The smallest absolute Gasteiger partial charge is 0 e. The second kappa shape index (κ2) is 15.5. The molecule has 0 aliphatic carbocycles. The van der Waals surface area contributed by atoms with Crippen LogP contribution in [0.2, 0.25) is 0 Å². The van der Waals surface area contributed by atoms with Gasteiger partial charge in [0.1, 0.15) is 0 Å². The van der Waals surface area contributed by atoms with Crippen LogP contribution in [0.1, 0.15) is 0 Å². The maximum absolute atomic E-state index is 2.89. The van der Waals surface area contributed by atoms with Crippen LogP contribution in [0.25, 0.3) is 10.8 Å². The molecule has 0 bridgehead atoms. The fraction of sp³-hybridized carbons (Fsp3) is 0. The number of rotatable bonds is 0. The molecule has 0 nitrogen and oxygen atoms in total. The summed E-state index contributed by atoms with van der Waals surface area (Å²) in [6.45, 7) is 0. The quantitative estimate of drug-likeness (QED) is 0.123. The molecule has 19 heavy (non-hydrogen) atoms. The summed E-state index contributed by atoms with van der Waals surface area (Å²) < 4.78 is 0. The van der Waals surface area contributed by atoms with Crippen molar-refractivity contribution in [2.24, 2.45) is 0 Å². The van der Waals surface area contributed by atoms with Gasteiger partial charge in [0.2, 0.25) is 0 Å². The minimum absolute atomic E-state index is 0. The van der Waals surface area contributed by atoms with E-state index >= 15 is 0 Å². The number of hydrogen-bond acceptors (Lipinski definition) is 0. The van der Waals surface area contributed by atoms with Gasteiger partial charge in [-0.25, -0.2) is 0 Å². The molecule has 0 saturated carbocycles. The molecule has 0 radical (unpaired) electrons. The fourth-order valence-corrected chi connectivity index (χ4v) is 1.41. The fourth-order valence-electron chi connectivity index (χ4n) is 1.41. The van der Waals surface area contributed by atoms with Gasteiger partial charge in [-0.05, 0) is 0 Å². The van der Waals surface area contributed by atoms with Crippen LogP contribution in [0, 0.1) is 6.07 Å². The zero-order valence-corrected chi connectivity index (χ0v) is 20.1. The van der Waals surface area contributed by atoms with Gasteiger partial charge in [0.15, 0.2) is 0 Å². The van der Waals surface area contributed by atoms with E-state index in [9.17, 15) is 0 Å². The van der Waals surface area contributed by atoms with Crippen molar-refractivity contribution in [3.8, 4) is 0 Å². The Hall–Kier alpha value is 1.11. The van der Waals surface area contributed by atoms with E-state index < -0.39 is 0 Å². The molecule has 0 spiro atoms. The molecular weight excluding hydrogens is 739 g/mol. The van der Waals surface area contributed by atoms with Crippen molar-refractivity contribution in [2.45, 2.75) is 0 Å². The Morgan fingerprint density at radius 1 is 0.737 bits per heavy atom. The molecule has 0 N–H and O–H groups in total. The van der Waals surface area contributed by atoms with Crippen molar-refractivity contribution < 1.29 is 97.8 Å². The first-order chi connectivity index (χ1) is 7.47. The van der Waals surface area contributed by atoms with E-state index in [0.29, 0.717) is 0 Å². The zero-order valence-electron chi connectivity index (χ0n) is 10.1. The Labute approximate surface area is 185 Å². The van der Waals surface area contributed by atoms with Gasteiger partial charge in [-0.3, -0.25) is 0 Å². The van der Waals surface area contributed by atoms with Crippen LogP contribution in [-0.4, -0.2) is 0 Å². The molecule has 0 aliphatic heterocycles. The van der Waals surface area contributed by atoms with Crippen LogP contribution in [0.3, 0.4) is 0 Å². The summed E-state index contributed by atoms with van der Waals surface area (Å²) in [5.74, 6) is 0. The number of halogens is 3. The minimum Gasteiger partial charge on any atom is -1.00 e. The summed E-state index contributed by atoms with van der Waals surface area (Å²) in [7, 11) is 0. The van der Waals surface area contributed by atoms with Crippen LogP contribution in [-0.2, 0) is 25.8 Å². The Morgan fingerprint density at radius 3 is 1.84 bits per heavy atom. The average Bonchev–Trinajstić information content (AvgIpc) is 2.80. The van der Waals surface area contributed by atoms with Crippen molar-refractivity contribution in [2.75, 3.05) is 0 Å². The molecule has 3 rings (SSSR count). The average molecular weight is 751 g/mol. The Kier molecular flexibility index (Phi) is 20.5. The molecule has 0 heterocycles. The van der Waals surface area contributed by atoms with Crippen molar-refractivity contribution >= 4 is 10.8 Å². The molecule has 0 aliphatic rings. The molecule has 0 aromatic heterocycles. The molecule has 0 atom stereocenters. The SMILES string of the molecule is [Hf].[I-].[I-].[I-].[c-]1ccccc1.c1ccc2[cH-]ccc2c1. The van der Waals surface area contributed by atoms with Crippen molar-refractivity contribution in [3.05, 3.63) is 78.9 Å². The van der Waals surface area contributed by atoms with E-state index in [1.165, 1.54) is 10.8 Å². The maximum Gasteiger partial charge on any atom is 0 e. The summed E-state index contributed by atoms with van der Waals surface area (Å²) in [6, 6.07) is 27.2. The third-order valence-corrected chi connectivity index (χ3v) is 2.15. The van der Waals surface area contributed by atoms with E-state index in [2.05, 4.69) is 48.5 Å². The molecule has 0 unspecified atom stereocenters. The van der Waals surface area contributed by atoms with Crippen LogP contribution in [0.5, 0.6) is 0 Å². The molecule has 0 saturated heterocycles. The molecule has 0 fully saturated rings. The van der Waals surface area contributed by atoms with Gasteiger partial charge in [-0.2, -0.15) is 53.9 Å². The van der Waals surface area contributed by atoms with E-state index in [4.69, 9.17) is 0 Å². The molecule has 3 aromatic rings. The van der Waals surface area contributed by atoms with E-state index in [1.54, 1.807) is 0 Å². The third-order valence-electron chi connectivity index (χ3n) is 2.15. The minimum atomic E-state index is 0. The summed E-state index contributed by atoms with van der Waals surface area (Å²) >= 11 is 0. The van der Waals surface area contributed by atoms with Gasteiger partial charge in [-0.15, -0.1) is 29.7 Å². The first kappa shape index (κ1) is 25.1. The van der Waals surface area contributed by atoms with Gasteiger partial charge in [0.05, 0.1) is 0 Å². The predicted octanol–water partition coefficient (Wildman–Crippen LogP) is -4.95. The van der Waals surface area contributed by atoms with Crippen molar-refractivity contribution in [1.82, 2.24) is 0 Å². The Balaban J connectivity index is -0.000000234. The molecule has 102 valence electrons. The van der Waals surface area contributed by atoms with Crippen molar-refractivity contribution in [1.29, 1.82) is 0 Å². The van der Waals surface area contributed by atoms with Crippen molar-refractivity contribution in [3.63, 3.8) is 0 Å². The van der Waals surface area contributed by atoms with E-state index in [0.717, 1.165) is 0 Å². The predicted molar refractivity (Wildman–Crippen MR) is 64.8 cm³/mol. The molecular formula is C15H12HfI3-5. The third kappa shape index (κ3) is 9.62. The number of fused-ring (bicyclic) bond motifs is 1. The van der Waals surface area contributed by atoms with E-state index in [-0.39, 0.29) is 97.8 Å². The summed E-state index contributed by atoms with van der Waals surface area (Å²) in [4.78, 5) is 0. The summed E-state index contributed by atoms with van der Waals surface area (Å²) in [5, 5.41) is 2.66. The molecule has 3 aromatic carbocycles. The van der Waals surface area contributed by atoms with Gasteiger partial charge in [0, 0.05) is 25.8 Å². The maximum atomic E-state index is 2.89. The van der Waals surface area contributed by atoms with Crippen LogP contribution in [0.4, 0.5) is 0 Å². The second-order valence-corrected chi connectivity index (χ2v) is 3.23. The largest absolute Gasteiger partial charge is 1.00 e. The first-order valence-corrected chi connectivity index (χ1v) is 4.98. The van der Waals surface area contributed by atoms with Crippen LogP contribution < -0.4 is 71.9 Å². The van der Waals surface area contributed by atoms with Gasteiger partial charge in [0.25, 0.3) is 0 Å². The van der Waals surface area contributed by atoms with Gasteiger partial charge in [-0.1, -0.05) is 6.07 Å². The van der Waals surface area contributed by atoms with Gasteiger partial charge >= 0.3 is 0 Å². The topological polar surface area (TPSA) is 0 Å². The van der Waals surface area contributed by atoms with Crippen LogP contribution >= 0.6 is 0 Å². The molecule has 0 amide bonds. The molecule has 4 heteroatoms. The summed E-state index contributed by atoms with van der Waals surface area (Å²) in [5.41, 5.74) is 0. The first-order valence-electron chi connectivity index (χ1n) is 4.98. The normalized spacial score (nSPS) is 7.37. The zero-order chi connectivity index (χ0) is 10.3. The monoisotopic (exact) mass is 753 g/mol. The second-order valence-electron chi connectivity index (χ2n) is 3.23. The van der Waals surface area contributed by atoms with Crippen LogP contribution in [0.15, 0.2) is 72.8 Å². The number of benzene rings is 2. The summed E-state index contributed by atoms with van der Waals surface area (Å²) in [6.07, 6.45) is 0. The van der Waals surface area contributed by atoms with E-state index in [1.807, 2.05) is 30.3 Å².